The summed E-state index contributed by atoms with van der Waals surface area (Å²) >= 11 is 0. The van der Waals surface area contributed by atoms with E-state index in [1.165, 1.54) is 31.7 Å². The molecule has 0 spiro atoms. The first-order valence-corrected chi connectivity index (χ1v) is 8.05. The number of nitrogens with zero attached hydrogens (tertiary/aromatic N) is 3. The lowest BCUT2D eigenvalue weighted by Gasteiger charge is -2.46. The summed E-state index contributed by atoms with van der Waals surface area (Å²) in [4.78, 5) is 7.65. The van der Waals surface area contributed by atoms with Crippen LogP contribution in [0.5, 0.6) is 11.5 Å². The number of fused-ring (bicyclic) bond motifs is 1. The van der Waals surface area contributed by atoms with Gasteiger partial charge in [0.1, 0.15) is 0 Å². The molecule has 2 fully saturated rings. The number of methoxy groups -OCH3 is 2. The van der Waals surface area contributed by atoms with E-state index >= 15 is 0 Å². The van der Waals surface area contributed by atoms with Crippen LogP contribution in [0.3, 0.4) is 0 Å². The molecule has 0 amide bonds. The Morgan fingerprint density at radius 1 is 1.00 bits per heavy atom. The summed E-state index contributed by atoms with van der Waals surface area (Å²) in [5, 5.41) is 0. The lowest BCUT2D eigenvalue weighted by Crippen LogP contribution is -2.60. The summed E-state index contributed by atoms with van der Waals surface area (Å²) in [5.41, 5.74) is 1.29. The molecule has 1 atom stereocenters. The first kappa shape index (κ1) is 15.6. The normalized spacial score (nSPS) is 24.0. The molecular formula is C17H27N3O2. The first-order chi connectivity index (χ1) is 10.7. The maximum atomic E-state index is 5.41. The topological polar surface area (TPSA) is 28.2 Å². The molecule has 2 saturated heterocycles. The Balaban J connectivity index is 1.63. The van der Waals surface area contributed by atoms with E-state index in [2.05, 4.69) is 33.9 Å². The number of piperazine rings is 2. The zero-order valence-corrected chi connectivity index (χ0v) is 13.9. The Hall–Kier alpha value is -1.30. The highest BCUT2D eigenvalue weighted by Gasteiger charge is 2.30. The molecule has 5 nitrogen and oxygen atoms in total. The van der Waals surface area contributed by atoms with Gasteiger partial charge >= 0.3 is 0 Å². The fourth-order valence-electron chi connectivity index (χ4n) is 3.56. The molecule has 22 heavy (non-hydrogen) atoms. The Kier molecular flexibility index (Phi) is 4.86. The van der Waals surface area contributed by atoms with Crippen molar-refractivity contribution in [2.24, 2.45) is 0 Å². The number of hydrogen-bond donors (Lipinski definition) is 0. The van der Waals surface area contributed by atoms with Crippen molar-refractivity contribution in [2.45, 2.75) is 12.6 Å². The van der Waals surface area contributed by atoms with Gasteiger partial charge in [-0.3, -0.25) is 9.80 Å². The van der Waals surface area contributed by atoms with E-state index < -0.39 is 0 Å². The summed E-state index contributed by atoms with van der Waals surface area (Å²) in [6.07, 6.45) is 0. The van der Waals surface area contributed by atoms with E-state index in [4.69, 9.17) is 9.47 Å². The van der Waals surface area contributed by atoms with Crippen LogP contribution in [0.25, 0.3) is 0 Å². The third-order valence-electron chi connectivity index (χ3n) is 4.83. The molecule has 0 aliphatic carbocycles. The maximum absolute atomic E-state index is 5.41. The molecule has 122 valence electrons. The fourth-order valence-corrected chi connectivity index (χ4v) is 3.56. The molecule has 0 unspecified atom stereocenters. The second-order valence-electron chi connectivity index (χ2n) is 6.38. The van der Waals surface area contributed by atoms with Gasteiger partial charge in [-0.1, -0.05) is 6.07 Å². The van der Waals surface area contributed by atoms with Crippen molar-refractivity contribution in [3.63, 3.8) is 0 Å². The summed E-state index contributed by atoms with van der Waals surface area (Å²) in [7, 11) is 5.60. The Bertz CT molecular complexity index is 509. The van der Waals surface area contributed by atoms with Gasteiger partial charge in [-0.15, -0.1) is 0 Å². The van der Waals surface area contributed by atoms with Crippen LogP contribution < -0.4 is 9.47 Å². The molecule has 2 aliphatic rings. The Morgan fingerprint density at radius 3 is 2.55 bits per heavy atom. The highest BCUT2D eigenvalue weighted by atomic mass is 16.5. The van der Waals surface area contributed by atoms with Gasteiger partial charge in [-0.25, -0.2) is 0 Å². The zero-order valence-electron chi connectivity index (χ0n) is 13.9. The molecular weight excluding hydrogens is 278 g/mol. The summed E-state index contributed by atoms with van der Waals surface area (Å²) in [6.45, 7) is 8.06. The average Bonchev–Trinajstić information content (AvgIpc) is 2.54. The van der Waals surface area contributed by atoms with Crippen LogP contribution >= 0.6 is 0 Å². The molecule has 0 aromatic heterocycles. The van der Waals surface area contributed by atoms with Gasteiger partial charge in [0.2, 0.25) is 0 Å². The van der Waals surface area contributed by atoms with Crippen molar-refractivity contribution >= 4 is 0 Å². The van der Waals surface area contributed by atoms with Crippen molar-refractivity contribution in [2.75, 3.05) is 60.5 Å². The lowest BCUT2D eigenvalue weighted by molar-refractivity contribution is 0.0175. The van der Waals surface area contributed by atoms with Gasteiger partial charge in [0, 0.05) is 51.9 Å². The molecule has 0 bridgehead atoms. The summed E-state index contributed by atoms with van der Waals surface area (Å²) < 4.78 is 10.7. The quantitative estimate of drug-likeness (QED) is 0.832. The Labute approximate surface area is 133 Å². The number of rotatable bonds is 4. The molecule has 2 aliphatic heterocycles. The van der Waals surface area contributed by atoms with E-state index in [0.29, 0.717) is 6.04 Å². The highest BCUT2D eigenvalue weighted by Crippen LogP contribution is 2.28. The van der Waals surface area contributed by atoms with Crippen molar-refractivity contribution < 1.29 is 9.47 Å². The van der Waals surface area contributed by atoms with Crippen LogP contribution in [0.2, 0.25) is 0 Å². The van der Waals surface area contributed by atoms with Crippen molar-refractivity contribution in [3.05, 3.63) is 23.8 Å². The van der Waals surface area contributed by atoms with E-state index in [1.54, 1.807) is 14.2 Å². The van der Waals surface area contributed by atoms with Crippen molar-refractivity contribution in [1.82, 2.24) is 14.7 Å². The van der Waals surface area contributed by atoms with Gasteiger partial charge in [-0.05, 0) is 24.7 Å². The number of likely N-dealkylation sites (N-methyl/N-ethyl adjacent to an activating group) is 1. The fraction of sp³-hybridized carbons (Fsp3) is 0.647. The molecule has 1 aromatic rings. The zero-order chi connectivity index (χ0) is 15.5. The van der Waals surface area contributed by atoms with Crippen LogP contribution in [0.4, 0.5) is 0 Å². The molecule has 0 saturated carbocycles. The van der Waals surface area contributed by atoms with E-state index in [1.807, 2.05) is 6.07 Å². The lowest BCUT2D eigenvalue weighted by atomic mass is 10.1. The third-order valence-corrected chi connectivity index (χ3v) is 4.83. The van der Waals surface area contributed by atoms with Crippen LogP contribution in [0, 0.1) is 0 Å². The van der Waals surface area contributed by atoms with Gasteiger partial charge in [0.25, 0.3) is 0 Å². The van der Waals surface area contributed by atoms with Crippen LogP contribution in [-0.4, -0.2) is 81.3 Å². The summed E-state index contributed by atoms with van der Waals surface area (Å²) in [6, 6.07) is 6.91. The predicted molar refractivity (Wildman–Crippen MR) is 87.7 cm³/mol. The number of benzene rings is 1. The van der Waals surface area contributed by atoms with Crippen molar-refractivity contribution in [1.29, 1.82) is 0 Å². The van der Waals surface area contributed by atoms with Crippen LogP contribution in [-0.2, 0) is 6.54 Å². The monoisotopic (exact) mass is 305 g/mol. The molecule has 0 radical (unpaired) electrons. The minimum atomic E-state index is 0.674. The molecule has 5 heteroatoms. The van der Waals surface area contributed by atoms with Gasteiger partial charge in [-0.2, -0.15) is 0 Å². The third kappa shape index (κ3) is 3.37. The second-order valence-corrected chi connectivity index (χ2v) is 6.38. The van der Waals surface area contributed by atoms with E-state index in [0.717, 1.165) is 31.1 Å². The first-order valence-electron chi connectivity index (χ1n) is 8.05. The SMILES string of the molecule is COc1ccc(CN2CCN3CCN(C)C[C@H]3C2)cc1OC. The van der Waals surface area contributed by atoms with E-state index in [-0.39, 0.29) is 0 Å². The molecule has 1 aromatic carbocycles. The van der Waals surface area contributed by atoms with Gasteiger partial charge in [0.05, 0.1) is 14.2 Å². The molecule has 2 heterocycles. The molecule has 3 rings (SSSR count). The van der Waals surface area contributed by atoms with Crippen LogP contribution in [0.15, 0.2) is 18.2 Å². The van der Waals surface area contributed by atoms with Crippen molar-refractivity contribution in [3.8, 4) is 11.5 Å². The number of hydrogen-bond acceptors (Lipinski definition) is 5. The minimum Gasteiger partial charge on any atom is -0.493 e. The average molecular weight is 305 g/mol. The minimum absolute atomic E-state index is 0.674. The highest BCUT2D eigenvalue weighted by molar-refractivity contribution is 5.42. The second kappa shape index (κ2) is 6.86. The standard InChI is InChI=1S/C17H27N3O2/c1-18-6-8-20-9-7-19(13-15(20)12-18)11-14-4-5-16(21-2)17(10-14)22-3/h4-5,10,15H,6-9,11-13H2,1-3H3/t15-/m0/s1. The maximum Gasteiger partial charge on any atom is 0.161 e. The Morgan fingerprint density at radius 2 is 1.77 bits per heavy atom. The van der Waals surface area contributed by atoms with E-state index in [9.17, 15) is 0 Å². The van der Waals surface area contributed by atoms with Gasteiger partial charge < -0.3 is 14.4 Å². The summed E-state index contributed by atoms with van der Waals surface area (Å²) in [5.74, 6) is 1.61. The van der Waals surface area contributed by atoms with Crippen LogP contribution in [0.1, 0.15) is 5.56 Å². The largest absolute Gasteiger partial charge is 0.493 e. The van der Waals surface area contributed by atoms with Gasteiger partial charge in [0.15, 0.2) is 11.5 Å². The smallest absolute Gasteiger partial charge is 0.161 e. The molecule has 0 N–H and O–H groups in total. The predicted octanol–water partition coefficient (Wildman–Crippen LogP) is 1.14. The number of ether oxygens (including phenoxy) is 2.